The van der Waals surface area contributed by atoms with Gasteiger partial charge in [-0.05, 0) is 45.4 Å². The second kappa shape index (κ2) is 9.64. The van der Waals surface area contributed by atoms with Gasteiger partial charge in [-0.25, -0.2) is 0 Å². The number of amides is 1. The Morgan fingerprint density at radius 2 is 1.71 bits per heavy atom. The van der Waals surface area contributed by atoms with Crippen molar-refractivity contribution in [2.45, 2.75) is 58.6 Å². The van der Waals surface area contributed by atoms with E-state index in [1.165, 1.54) is 18.7 Å². The van der Waals surface area contributed by atoms with Gasteiger partial charge in [0.25, 0.3) is 5.91 Å². The second-order valence-electron chi connectivity index (χ2n) is 8.66. The van der Waals surface area contributed by atoms with E-state index in [2.05, 4.69) is 10.3 Å². The molecule has 0 aliphatic heterocycles. The van der Waals surface area contributed by atoms with Gasteiger partial charge in [0.05, 0.1) is 23.1 Å². The first-order valence-electron chi connectivity index (χ1n) is 10.2. The molecule has 6 nitrogen and oxygen atoms in total. The summed E-state index contributed by atoms with van der Waals surface area (Å²) in [5.41, 5.74) is 2.16. The molecular formula is C24H30N2O4S. The third kappa shape index (κ3) is 5.73. The van der Waals surface area contributed by atoms with E-state index in [9.17, 15) is 19.2 Å². The normalized spacial score (nSPS) is 12.4. The molecule has 1 aromatic carbocycles. The van der Waals surface area contributed by atoms with Gasteiger partial charge in [-0.15, -0.1) is 11.8 Å². The molecule has 0 saturated heterocycles. The molecule has 2 aromatic rings. The fraction of sp³-hybridized carbons (Fsp3) is 0.417. The zero-order valence-electron chi connectivity index (χ0n) is 19.1. The number of nitrogens with one attached hydrogen (secondary N) is 2. The van der Waals surface area contributed by atoms with Crippen molar-refractivity contribution in [2.24, 2.45) is 5.41 Å². The number of ketones is 3. The summed E-state index contributed by atoms with van der Waals surface area (Å²) in [7, 11) is 0. The lowest BCUT2D eigenvalue weighted by atomic mass is 9.91. The molecule has 0 aliphatic carbocycles. The highest BCUT2D eigenvalue weighted by Gasteiger charge is 2.26. The van der Waals surface area contributed by atoms with Gasteiger partial charge in [-0.1, -0.05) is 32.9 Å². The number of hydrogen-bond donors (Lipinski definition) is 2. The largest absolute Gasteiger partial charge is 0.355 e. The molecule has 0 fully saturated rings. The number of H-pyrrole nitrogens is 1. The molecule has 0 aliphatic rings. The van der Waals surface area contributed by atoms with Crippen LogP contribution in [0, 0.1) is 19.3 Å². The van der Waals surface area contributed by atoms with E-state index in [4.69, 9.17) is 0 Å². The third-order valence-corrected chi connectivity index (χ3v) is 6.26. The van der Waals surface area contributed by atoms with Crippen LogP contribution in [0.2, 0.25) is 0 Å². The summed E-state index contributed by atoms with van der Waals surface area (Å²) in [5, 5.41) is 2.20. The Kier molecular flexibility index (Phi) is 7.65. The summed E-state index contributed by atoms with van der Waals surface area (Å²) >= 11 is 1.27. The van der Waals surface area contributed by atoms with Crippen molar-refractivity contribution in [1.82, 2.24) is 10.3 Å². The Labute approximate surface area is 187 Å². The van der Waals surface area contributed by atoms with E-state index < -0.39 is 10.7 Å². The molecule has 0 bridgehead atoms. The molecule has 31 heavy (non-hydrogen) atoms. The van der Waals surface area contributed by atoms with Crippen molar-refractivity contribution in [1.29, 1.82) is 0 Å². The number of hydrogen-bond acceptors (Lipinski definition) is 5. The van der Waals surface area contributed by atoms with Gasteiger partial charge < -0.3 is 10.3 Å². The van der Waals surface area contributed by atoms with Crippen LogP contribution in [0.5, 0.6) is 0 Å². The predicted molar refractivity (Wildman–Crippen MR) is 123 cm³/mol. The molecule has 0 unspecified atom stereocenters. The molecule has 0 saturated carbocycles. The van der Waals surface area contributed by atoms with E-state index in [1.807, 2.05) is 0 Å². The highest BCUT2D eigenvalue weighted by molar-refractivity contribution is 8.00. The number of aromatic amines is 1. The maximum atomic E-state index is 13.1. The maximum absolute atomic E-state index is 13.1. The zero-order valence-corrected chi connectivity index (χ0v) is 20.0. The Balaban J connectivity index is 2.19. The molecule has 166 valence electrons. The summed E-state index contributed by atoms with van der Waals surface area (Å²) in [6, 6.07) is 7.00. The van der Waals surface area contributed by atoms with Gasteiger partial charge >= 0.3 is 0 Å². The summed E-state index contributed by atoms with van der Waals surface area (Å²) in [6.45, 7) is 12.2. The van der Waals surface area contributed by atoms with E-state index in [1.54, 1.807) is 65.8 Å². The Morgan fingerprint density at radius 1 is 1.10 bits per heavy atom. The minimum Gasteiger partial charge on any atom is -0.355 e. The number of aryl methyl sites for hydroxylation is 1. The van der Waals surface area contributed by atoms with Crippen LogP contribution in [0.15, 0.2) is 29.2 Å². The van der Waals surface area contributed by atoms with Crippen LogP contribution < -0.4 is 5.32 Å². The van der Waals surface area contributed by atoms with E-state index in [0.29, 0.717) is 33.0 Å². The summed E-state index contributed by atoms with van der Waals surface area (Å²) in [4.78, 5) is 53.4. The van der Waals surface area contributed by atoms with Gasteiger partial charge in [0.15, 0.2) is 17.3 Å². The number of aromatic nitrogens is 1. The van der Waals surface area contributed by atoms with E-state index >= 15 is 0 Å². The zero-order chi connectivity index (χ0) is 23.5. The summed E-state index contributed by atoms with van der Waals surface area (Å²) < 4.78 is 0. The smallest absolute Gasteiger partial charge is 0.252 e. The van der Waals surface area contributed by atoms with Crippen LogP contribution in [0.1, 0.15) is 77.1 Å². The fourth-order valence-electron chi connectivity index (χ4n) is 3.25. The molecule has 2 N–H and O–H groups in total. The quantitative estimate of drug-likeness (QED) is 0.462. The van der Waals surface area contributed by atoms with Crippen molar-refractivity contribution < 1.29 is 19.2 Å². The number of carbonyl (C=O) groups excluding carboxylic acids is 4. The topological polar surface area (TPSA) is 96.1 Å². The first kappa shape index (κ1) is 24.6. The number of rotatable bonds is 8. The summed E-state index contributed by atoms with van der Waals surface area (Å²) in [5.74, 6) is -0.645. The monoisotopic (exact) mass is 442 g/mol. The molecular weight excluding hydrogens is 412 g/mol. The second-order valence-corrected chi connectivity index (χ2v) is 10.0. The highest BCUT2D eigenvalue weighted by Crippen LogP contribution is 2.30. The lowest BCUT2D eigenvalue weighted by Crippen LogP contribution is -2.35. The lowest BCUT2D eigenvalue weighted by Gasteiger charge is -2.17. The van der Waals surface area contributed by atoms with Crippen molar-refractivity contribution in [3.63, 3.8) is 0 Å². The number of carbonyl (C=O) groups is 4. The maximum Gasteiger partial charge on any atom is 0.252 e. The molecule has 7 heteroatoms. The first-order chi connectivity index (χ1) is 14.3. The minimum atomic E-state index is -0.534. The van der Waals surface area contributed by atoms with Crippen LogP contribution in [-0.4, -0.2) is 40.0 Å². The molecule has 1 aromatic heterocycles. The average molecular weight is 443 g/mol. The SMILES string of the molecule is CC(=O)c1c(C)[nH]c(C(=O)[C@@H](C)Sc2ccccc2C(=O)NCC(=O)C(C)(C)C)c1C. The van der Waals surface area contributed by atoms with Gasteiger partial charge in [0.1, 0.15) is 0 Å². The number of thioether (sulfide) groups is 1. The third-order valence-electron chi connectivity index (χ3n) is 5.09. The van der Waals surface area contributed by atoms with Crippen LogP contribution in [0.3, 0.4) is 0 Å². The van der Waals surface area contributed by atoms with Crippen molar-refractivity contribution in [2.75, 3.05) is 6.54 Å². The molecule has 1 amide bonds. The van der Waals surface area contributed by atoms with Crippen molar-refractivity contribution in [3.05, 3.63) is 52.3 Å². The van der Waals surface area contributed by atoms with E-state index in [0.717, 1.165) is 0 Å². The predicted octanol–water partition coefficient (Wildman–Crippen LogP) is 4.54. The standard InChI is InChI=1S/C24H30N2O4S/c1-13-20(15(3)27)14(2)26-21(13)22(29)16(4)31-18-11-9-8-10-17(18)23(30)25-12-19(28)24(5,6)7/h8-11,16,26H,12H2,1-7H3,(H,25,30)/t16-/m1/s1. The van der Waals surface area contributed by atoms with Gasteiger partial charge in [-0.2, -0.15) is 0 Å². The van der Waals surface area contributed by atoms with Gasteiger partial charge in [0, 0.05) is 21.6 Å². The van der Waals surface area contributed by atoms with Gasteiger partial charge in [-0.3, -0.25) is 19.2 Å². The number of benzene rings is 1. The molecule has 2 rings (SSSR count). The number of Topliss-reactive ketones (excluding diaryl/α,β-unsaturated/α-hetero) is 3. The van der Waals surface area contributed by atoms with Crippen molar-refractivity contribution >= 4 is 35.0 Å². The summed E-state index contributed by atoms with van der Waals surface area (Å²) in [6.07, 6.45) is 0. The Morgan fingerprint density at radius 3 is 2.26 bits per heavy atom. The lowest BCUT2D eigenvalue weighted by molar-refractivity contribution is -0.125. The fourth-order valence-corrected chi connectivity index (χ4v) is 4.30. The minimum absolute atomic E-state index is 0.0510. The van der Waals surface area contributed by atoms with Crippen LogP contribution in [-0.2, 0) is 4.79 Å². The Bertz CT molecular complexity index is 1030. The average Bonchev–Trinajstić information content (AvgIpc) is 2.98. The van der Waals surface area contributed by atoms with Crippen molar-refractivity contribution in [3.8, 4) is 0 Å². The van der Waals surface area contributed by atoms with Crippen LogP contribution in [0.25, 0.3) is 0 Å². The molecule has 0 spiro atoms. The molecule has 1 atom stereocenters. The van der Waals surface area contributed by atoms with E-state index in [-0.39, 0.29) is 29.8 Å². The van der Waals surface area contributed by atoms with Crippen LogP contribution in [0.4, 0.5) is 0 Å². The first-order valence-corrected chi connectivity index (χ1v) is 11.0. The highest BCUT2D eigenvalue weighted by atomic mass is 32.2. The van der Waals surface area contributed by atoms with Gasteiger partial charge in [0.2, 0.25) is 0 Å². The Hall–Kier alpha value is -2.67. The molecule has 1 heterocycles. The van der Waals surface area contributed by atoms with Crippen LogP contribution >= 0.6 is 11.8 Å². The molecule has 0 radical (unpaired) electrons.